The molecule has 1 fully saturated rings. The number of amides is 1. The van der Waals surface area contributed by atoms with Gasteiger partial charge in [0.1, 0.15) is 4.88 Å². The third kappa shape index (κ3) is 3.90. The van der Waals surface area contributed by atoms with Crippen molar-refractivity contribution in [3.8, 4) is 0 Å². The fraction of sp³-hybridized carbons (Fsp3) is 0.421. The number of esters is 1. The molecule has 3 rings (SSSR count). The standard InChI is InChI=1S/C19H22N2O3S/c1-4-24-18(23)16-13(3)20-19(25-16)21(17(22)15-10-12(15)2)11-14-8-6-5-7-9-14/h5-9,12,15H,4,10-11H2,1-3H3/t12-,15+/m0/s1. The fourth-order valence-corrected chi connectivity index (χ4v) is 3.72. The predicted molar refractivity (Wildman–Crippen MR) is 97.7 cm³/mol. The van der Waals surface area contributed by atoms with E-state index in [1.165, 1.54) is 11.3 Å². The predicted octanol–water partition coefficient (Wildman–Crippen LogP) is 3.82. The van der Waals surface area contributed by atoms with E-state index in [0.29, 0.717) is 34.8 Å². The maximum atomic E-state index is 12.9. The van der Waals surface area contributed by atoms with Gasteiger partial charge in [-0.2, -0.15) is 0 Å². The fourth-order valence-electron chi connectivity index (χ4n) is 2.76. The Balaban J connectivity index is 1.90. The van der Waals surface area contributed by atoms with E-state index in [1.807, 2.05) is 30.3 Å². The van der Waals surface area contributed by atoms with Crippen LogP contribution in [0.1, 0.15) is 41.2 Å². The number of aryl methyl sites for hydroxylation is 1. The van der Waals surface area contributed by atoms with Gasteiger partial charge in [-0.15, -0.1) is 0 Å². The number of thiazole rings is 1. The minimum Gasteiger partial charge on any atom is -0.462 e. The first-order valence-electron chi connectivity index (χ1n) is 8.51. The van der Waals surface area contributed by atoms with E-state index in [2.05, 4.69) is 11.9 Å². The van der Waals surface area contributed by atoms with Crippen molar-refractivity contribution in [3.63, 3.8) is 0 Å². The van der Waals surface area contributed by atoms with E-state index in [0.717, 1.165) is 12.0 Å². The Morgan fingerprint density at radius 3 is 2.60 bits per heavy atom. The Hall–Kier alpha value is -2.21. The van der Waals surface area contributed by atoms with Crippen molar-refractivity contribution >= 4 is 28.3 Å². The third-order valence-electron chi connectivity index (χ3n) is 4.35. The average Bonchev–Trinajstić information content (AvgIpc) is 3.20. The van der Waals surface area contributed by atoms with Crippen LogP contribution in [0.25, 0.3) is 0 Å². The van der Waals surface area contributed by atoms with Gasteiger partial charge < -0.3 is 4.74 Å². The smallest absolute Gasteiger partial charge is 0.350 e. The highest BCUT2D eigenvalue weighted by molar-refractivity contribution is 7.17. The topological polar surface area (TPSA) is 59.5 Å². The number of hydrogen-bond acceptors (Lipinski definition) is 5. The van der Waals surface area contributed by atoms with Crippen molar-refractivity contribution in [1.82, 2.24) is 4.98 Å². The number of carbonyl (C=O) groups is 2. The van der Waals surface area contributed by atoms with Crippen molar-refractivity contribution in [2.75, 3.05) is 11.5 Å². The number of hydrogen-bond donors (Lipinski definition) is 0. The second kappa shape index (κ2) is 7.35. The highest BCUT2D eigenvalue weighted by atomic mass is 32.1. The Labute approximate surface area is 151 Å². The minimum absolute atomic E-state index is 0.0546. The van der Waals surface area contributed by atoms with Crippen LogP contribution in [0.3, 0.4) is 0 Å². The number of anilines is 1. The summed E-state index contributed by atoms with van der Waals surface area (Å²) in [6.07, 6.45) is 0.916. The summed E-state index contributed by atoms with van der Waals surface area (Å²) in [6, 6.07) is 9.83. The van der Waals surface area contributed by atoms with Crippen LogP contribution < -0.4 is 4.90 Å². The first-order valence-corrected chi connectivity index (χ1v) is 9.32. The van der Waals surface area contributed by atoms with Gasteiger partial charge in [0.2, 0.25) is 5.91 Å². The van der Waals surface area contributed by atoms with Gasteiger partial charge in [0.25, 0.3) is 0 Å². The third-order valence-corrected chi connectivity index (χ3v) is 5.51. The quantitative estimate of drug-likeness (QED) is 0.737. The number of nitrogens with zero attached hydrogens (tertiary/aromatic N) is 2. The normalized spacial score (nSPS) is 18.7. The average molecular weight is 358 g/mol. The summed E-state index contributed by atoms with van der Waals surface area (Å²) in [6.45, 7) is 6.41. The molecule has 1 aromatic carbocycles. The van der Waals surface area contributed by atoms with Crippen LogP contribution in [-0.4, -0.2) is 23.5 Å². The van der Waals surface area contributed by atoms with Gasteiger partial charge in [0.15, 0.2) is 5.13 Å². The van der Waals surface area contributed by atoms with Crippen LogP contribution in [-0.2, 0) is 16.1 Å². The maximum absolute atomic E-state index is 12.9. The van der Waals surface area contributed by atoms with Gasteiger partial charge in [-0.3, -0.25) is 9.69 Å². The van der Waals surface area contributed by atoms with E-state index in [9.17, 15) is 9.59 Å². The lowest BCUT2D eigenvalue weighted by Crippen LogP contribution is -2.32. The minimum atomic E-state index is -0.379. The van der Waals surface area contributed by atoms with Crippen LogP contribution in [0, 0.1) is 18.8 Å². The molecule has 2 aromatic rings. The van der Waals surface area contributed by atoms with Crippen LogP contribution in [0.15, 0.2) is 30.3 Å². The molecule has 0 spiro atoms. The summed E-state index contributed by atoms with van der Waals surface area (Å²) in [5.41, 5.74) is 1.64. The molecule has 0 saturated heterocycles. The van der Waals surface area contributed by atoms with E-state index in [4.69, 9.17) is 4.74 Å². The van der Waals surface area contributed by atoms with Gasteiger partial charge in [0.05, 0.1) is 18.8 Å². The van der Waals surface area contributed by atoms with Crippen molar-refractivity contribution in [2.45, 2.75) is 33.7 Å². The number of carbonyl (C=O) groups excluding carboxylic acids is 2. The maximum Gasteiger partial charge on any atom is 0.350 e. The molecule has 25 heavy (non-hydrogen) atoms. The summed E-state index contributed by atoms with van der Waals surface area (Å²) in [7, 11) is 0. The molecular formula is C19H22N2O3S. The summed E-state index contributed by atoms with van der Waals surface area (Å²) in [5.74, 6) is 0.173. The highest BCUT2D eigenvalue weighted by Gasteiger charge is 2.42. The molecule has 6 heteroatoms. The Morgan fingerprint density at radius 2 is 2.00 bits per heavy atom. The lowest BCUT2D eigenvalue weighted by Gasteiger charge is -2.20. The van der Waals surface area contributed by atoms with Gasteiger partial charge >= 0.3 is 5.97 Å². The number of benzene rings is 1. The first-order chi connectivity index (χ1) is 12.0. The van der Waals surface area contributed by atoms with Gasteiger partial charge in [-0.05, 0) is 31.7 Å². The molecule has 1 amide bonds. The van der Waals surface area contributed by atoms with Crippen molar-refractivity contribution in [3.05, 3.63) is 46.5 Å². The van der Waals surface area contributed by atoms with Crippen LogP contribution in [0.2, 0.25) is 0 Å². The van der Waals surface area contributed by atoms with Crippen molar-refractivity contribution < 1.29 is 14.3 Å². The summed E-state index contributed by atoms with van der Waals surface area (Å²) in [5, 5.41) is 0.563. The molecule has 1 saturated carbocycles. The van der Waals surface area contributed by atoms with Crippen molar-refractivity contribution in [1.29, 1.82) is 0 Å². The molecule has 0 radical (unpaired) electrons. The van der Waals surface area contributed by atoms with Crippen LogP contribution >= 0.6 is 11.3 Å². The molecule has 0 bridgehead atoms. The highest BCUT2D eigenvalue weighted by Crippen LogP contribution is 2.41. The van der Waals surface area contributed by atoms with Crippen molar-refractivity contribution in [2.24, 2.45) is 11.8 Å². The van der Waals surface area contributed by atoms with E-state index in [1.54, 1.807) is 18.7 Å². The van der Waals surface area contributed by atoms with Crippen LogP contribution in [0.4, 0.5) is 5.13 Å². The first kappa shape index (κ1) is 17.6. The summed E-state index contributed by atoms with van der Waals surface area (Å²) in [4.78, 5) is 31.7. The Bertz CT molecular complexity index is 772. The lowest BCUT2D eigenvalue weighted by molar-refractivity contribution is -0.120. The van der Waals surface area contributed by atoms with Crippen LogP contribution in [0.5, 0.6) is 0 Å². The van der Waals surface area contributed by atoms with E-state index in [-0.39, 0.29) is 17.8 Å². The summed E-state index contributed by atoms with van der Waals surface area (Å²) < 4.78 is 5.09. The second-order valence-corrected chi connectivity index (χ2v) is 7.34. The molecule has 1 aromatic heterocycles. The van der Waals surface area contributed by atoms with Gasteiger partial charge in [-0.1, -0.05) is 48.6 Å². The molecule has 0 unspecified atom stereocenters. The van der Waals surface area contributed by atoms with Gasteiger partial charge in [0, 0.05) is 5.92 Å². The number of ether oxygens (including phenoxy) is 1. The molecule has 0 N–H and O–H groups in total. The molecular weight excluding hydrogens is 336 g/mol. The van der Waals surface area contributed by atoms with E-state index < -0.39 is 0 Å². The Kier molecular flexibility index (Phi) is 5.18. The zero-order valence-electron chi connectivity index (χ0n) is 14.7. The second-order valence-electron chi connectivity index (χ2n) is 6.36. The zero-order valence-corrected chi connectivity index (χ0v) is 15.5. The largest absolute Gasteiger partial charge is 0.462 e. The van der Waals surface area contributed by atoms with Gasteiger partial charge in [-0.25, -0.2) is 9.78 Å². The Morgan fingerprint density at radius 1 is 1.32 bits per heavy atom. The molecule has 1 aliphatic rings. The van der Waals surface area contributed by atoms with E-state index >= 15 is 0 Å². The molecule has 0 aliphatic heterocycles. The molecule has 5 nitrogen and oxygen atoms in total. The molecule has 1 aliphatic carbocycles. The SMILES string of the molecule is CCOC(=O)c1sc(N(Cc2ccccc2)C(=O)[C@@H]2C[C@@H]2C)nc1C. The molecule has 2 atom stereocenters. The zero-order chi connectivity index (χ0) is 18.0. The molecule has 132 valence electrons. The number of rotatable bonds is 6. The summed E-state index contributed by atoms with van der Waals surface area (Å²) >= 11 is 1.23. The number of aromatic nitrogens is 1. The monoisotopic (exact) mass is 358 g/mol. The molecule has 1 heterocycles. The lowest BCUT2D eigenvalue weighted by atomic mass is 10.2.